The monoisotopic (exact) mass is 242 g/mol. The lowest BCUT2D eigenvalue weighted by atomic mass is 10.3. The summed E-state index contributed by atoms with van der Waals surface area (Å²) in [7, 11) is 0. The van der Waals surface area contributed by atoms with E-state index in [1.54, 1.807) is 12.1 Å². The molecule has 2 aromatic carbocycles. The molecule has 0 spiro atoms. The maximum Gasteiger partial charge on any atom is 0.208 e. The molecule has 2 rings (SSSR count). The summed E-state index contributed by atoms with van der Waals surface area (Å²) in [5, 5.41) is 0. The summed E-state index contributed by atoms with van der Waals surface area (Å²) in [6.07, 6.45) is 0. The minimum Gasteiger partial charge on any atom is -0.457 e. The summed E-state index contributed by atoms with van der Waals surface area (Å²) >= 11 is 0. The Labute approximate surface area is 105 Å². The SMILES string of the molecule is NNC(N)=Nc1ccc(Oc2ccccc2)cc1. The molecule has 0 heterocycles. The van der Waals surface area contributed by atoms with Crippen LogP contribution in [0.2, 0.25) is 0 Å². The summed E-state index contributed by atoms with van der Waals surface area (Å²) in [5.41, 5.74) is 8.41. The summed E-state index contributed by atoms with van der Waals surface area (Å²) in [4.78, 5) is 4.03. The highest BCUT2D eigenvalue weighted by Gasteiger charge is 1.97. The Morgan fingerprint density at radius 3 is 2.17 bits per heavy atom. The van der Waals surface area contributed by atoms with Crippen LogP contribution in [0.1, 0.15) is 0 Å². The number of nitrogens with one attached hydrogen (secondary N) is 1. The van der Waals surface area contributed by atoms with Crippen LogP contribution in [0.15, 0.2) is 59.6 Å². The average molecular weight is 242 g/mol. The molecule has 0 bridgehead atoms. The first kappa shape index (κ1) is 11.9. The summed E-state index contributed by atoms with van der Waals surface area (Å²) in [5.74, 6) is 6.80. The minimum absolute atomic E-state index is 0.159. The van der Waals surface area contributed by atoms with Gasteiger partial charge in [0.05, 0.1) is 5.69 Å². The maximum absolute atomic E-state index is 5.64. The van der Waals surface area contributed by atoms with E-state index >= 15 is 0 Å². The lowest BCUT2D eigenvalue weighted by Gasteiger charge is -2.05. The first-order chi connectivity index (χ1) is 8.78. The third kappa shape index (κ3) is 3.23. The van der Waals surface area contributed by atoms with Crippen molar-refractivity contribution in [2.24, 2.45) is 16.6 Å². The van der Waals surface area contributed by atoms with E-state index in [9.17, 15) is 0 Å². The zero-order valence-electron chi connectivity index (χ0n) is 9.71. The molecule has 0 aliphatic carbocycles. The number of guanidine groups is 1. The Hall–Kier alpha value is -2.53. The van der Waals surface area contributed by atoms with Gasteiger partial charge < -0.3 is 10.5 Å². The second-order valence-corrected chi connectivity index (χ2v) is 3.55. The summed E-state index contributed by atoms with van der Waals surface area (Å²) < 4.78 is 5.64. The molecule has 0 radical (unpaired) electrons. The fourth-order valence-corrected chi connectivity index (χ4v) is 1.38. The van der Waals surface area contributed by atoms with Crippen LogP contribution in [0.4, 0.5) is 5.69 Å². The molecule has 0 saturated carbocycles. The third-order valence-electron chi connectivity index (χ3n) is 2.21. The number of benzene rings is 2. The van der Waals surface area contributed by atoms with Crippen molar-refractivity contribution in [3.8, 4) is 11.5 Å². The summed E-state index contributed by atoms with van der Waals surface area (Å²) in [6.45, 7) is 0. The van der Waals surface area contributed by atoms with Crippen molar-refractivity contribution in [2.45, 2.75) is 0 Å². The Bertz CT molecular complexity index is 522. The van der Waals surface area contributed by atoms with Gasteiger partial charge >= 0.3 is 0 Å². The van der Waals surface area contributed by atoms with Crippen LogP contribution in [0.5, 0.6) is 11.5 Å². The van der Waals surface area contributed by atoms with E-state index in [1.165, 1.54) is 0 Å². The molecule has 5 N–H and O–H groups in total. The fraction of sp³-hybridized carbons (Fsp3) is 0. The molecular weight excluding hydrogens is 228 g/mol. The lowest BCUT2D eigenvalue weighted by Crippen LogP contribution is -2.36. The molecule has 0 fully saturated rings. The molecule has 0 amide bonds. The molecule has 0 aliphatic heterocycles. The molecule has 92 valence electrons. The Kier molecular flexibility index (Phi) is 3.78. The number of para-hydroxylation sites is 1. The van der Waals surface area contributed by atoms with E-state index in [2.05, 4.69) is 10.4 Å². The van der Waals surface area contributed by atoms with Crippen LogP contribution in [-0.4, -0.2) is 5.96 Å². The highest BCUT2D eigenvalue weighted by atomic mass is 16.5. The predicted molar refractivity (Wildman–Crippen MR) is 71.6 cm³/mol. The zero-order chi connectivity index (χ0) is 12.8. The number of ether oxygens (including phenoxy) is 1. The molecular formula is C13H14N4O. The van der Waals surface area contributed by atoms with Crippen molar-refractivity contribution in [1.29, 1.82) is 0 Å². The Balaban J connectivity index is 2.09. The van der Waals surface area contributed by atoms with E-state index in [1.807, 2.05) is 42.5 Å². The van der Waals surface area contributed by atoms with Crippen molar-refractivity contribution >= 4 is 11.6 Å². The van der Waals surface area contributed by atoms with E-state index in [0.29, 0.717) is 5.69 Å². The second-order valence-electron chi connectivity index (χ2n) is 3.55. The molecule has 5 nitrogen and oxygen atoms in total. The summed E-state index contributed by atoms with van der Waals surface area (Å²) in [6, 6.07) is 16.8. The minimum atomic E-state index is 0.159. The number of hydrogen-bond acceptors (Lipinski definition) is 3. The number of hydrazine groups is 1. The quantitative estimate of drug-likeness (QED) is 0.332. The average Bonchev–Trinajstić information content (AvgIpc) is 2.42. The molecule has 0 aliphatic rings. The number of aliphatic imine (C=N–C) groups is 1. The van der Waals surface area contributed by atoms with Gasteiger partial charge in [-0.05, 0) is 36.4 Å². The molecule has 0 aromatic heterocycles. The van der Waals surface area contributed by atoms with Gasteiger partial charge in [-0.25, -0.2) is 10.8 Å². The topological polar surface area (TPSA) is 85.7 Å². The number of hydrogen-bond donors (Lipinski definition) is 3. The highest BCUT2D eigenvalue weighted by molar-refractivity contribution is 5.80. The smallest absolute Gasteiger partial charge is 0.208 e. The van der Waals surface area contributed by atoms with Crippen LogP contribution < -0.4 is 21.7 Å². The molecule has 0 unspecified atom stereocenters. The van der Waals surface area contributed by atoms with Gasteiger partial charge in [-0.2, -0.15) is 0 Å². The van der Waals surface area contributed by atoms with Crippen LogP contribution in [0.25, 0.3) is 0 Å². The lowest BCUT2D eigenvalue weighted by molar-refractivity contribution is 0.483. The van der Waals surface area contributed by atoms with E-state index in [-0.39, 0.29) is 5.96 Å². The fourth-order valence-electron chi connectivity index (χ4n) is 1.38. The first-order valence-electron chi connectivity index (χ1n) is 5.41. The van der Waals surface area contributed by atoms with E-state index < -0.39 is 0 Å². The molecule has 0 atom stereocenters. The van der Waals surface area contributed by atoms with Crippen molar-refractivity contribution in [3.63, 3.8) is 0 Å². The largest absolute Gasteiger partial charge is 0.457 e. The Morgan fingerprint density at radius 1 is 0.944 bits per heavy atom. The number of nitrogens with zero attached hydrogens (tertiary/aromatic N) is 1. The Morgan fingerprint density at radius 2 is 1.56 bits per heavy atom. The van der Waals surface area contributed by atoms with Crippen molar-refractivity contribution in [2.75, 3.05) is 0 Å². The van der Waals surface area contributed by atoms with Gasteiger partial charge in [0.25, 0.3) is 0 Å². The van der Waals surface area contributed by atoms with Crippen LogP contribution in [0.3, 0.4) is 0 Å². The molecule has 5 heteroatoms. The van der Waals surface area contributed by atoms with Gasteiger partial charge in [-0.3, -0.25) is 5.43 Å². The third-order valence-corrected chi connectivity index (χ3v) is 2.21. The van der Waals surface area contributed by atoms with Gasteiger partial charge in [0, 0.05) is 0 Å². The van der Waals surface area contributed by atoms with Crippen LogP contribution in [-0.2, 0) is 0 Å². The van der Waals surface area contributed by atoms with Gasteiger partial charge in [0.15, 0.2) is 0 Å². The maximum atomic E-state index is 5.64. The molecule has 0 saturated heterocycles. The van der Waals surface area contributed by atoms with Crippen molar-refractivity contribution < 1.29 is 4.74 Å². The zero-order valence-corrected chi connectivity index (χ0v) is 9.71. The predicted octanol–water partition coefficient (Wildman–Crippen LogP) is 1.89. The van der Waals surface area contributed by atoms with Gasteiger partial charge in [-0.15, -0.1) is 0 Å². The molecule has 18 heavy (non-hydrogen) atoms. The normalized spacial score (nSPS) is 11.1. The standard InChI is InChI=1S/C13H14N4O/c14-13(17-15)16-10-6-8-12(9-7-10)18-11-4-2-1-3-5-11/h1-9H,15H2,(H3,14,16,17). The number of nitrogens with two attached hydrogens (primary N) is 2. The molecule has 2 aromatic rings. The van der Waals surface area contributed by atoms with Crippen LogP contribution >= 0.6 is 0 Å². The van der Waals surface area contributed by atoms with Gasteiger partial charge in [0.2, 0.25) is 5.96 Å². The van der Waals surface area contributed by atoms with Crippen LogP contribution in [0, 0.1) is 0 Å². The highest BCUT2D eigenvalue weighted by Crippen LogP contribution is 2.23. The van der Waals surface area contributed by atoms with Crippen molar-refractivity contribution in [3.05, 3.63) is 54.6 Å². The second kappa shape index (κ2) is 5.70. The van der Waals surface area contributed by atoms with E-state index in [0.717, 1.165) is 11.5 Å². The number of rotatable bonds is 3. The van der Waals surface area contributed by atoms with E-state index in [4.69, 9.17) is 16.3 Å². The first-order valence-corrected chi connectivity index (χ1v) is 5.41. The van der Waals surface area contributed by atoms with Crippen molar-refractivity contribution in [1.82, 2.24) is 5.43 Å². The van der Waals surface area contributed by atoms with Gasteiger partial charge in [-0.1, -0.05) is 18.2 Å². The van der Waals surface area contributed by atoms with Gasteiger partial charge in [0.1, 0.15) is 11.5 Å².